The van der Waals surface area contributed by atoms with Crippen molar-refractivity contribution in [2.75, 3.05) is 27.2 Å². The maximum atomic E-state index is 12.4. The van der Waals surface area contributed by atoms with Crippen LogP contribution in [-0.2, 0) is 0 Å². The molecule has 0 radical (unpaired) electrons. The van der Waals surface area contributed by atoms with Gasteiger partial charge in [0.2, 0.25) is 0 Å². The molecule has 5 heteroatoms. The highest BCUT2D eigenvalue weighted by Crippen LogP contribution is 2.30. The van der Waals surface area contributed by atoms with E-state index in [1.165, 1.54) is 0 Å². The highest BCUT2D eigenvalue weighted by atomic mass is 35.5. The lowest BCUT2D eigenvalue weighted by Crippen LogP contribution is -2.40. The van der Waals surface area contributed by atoms with E-state index in [-0.39, 0.29) is 11.3 Å². The smallest absolute Gasteiger partial charge is 0.287 e. The quantitative estimate of drug-likeness (QED) is 0.912. The predicted octanol–water partition coefficient (Wildman–Crippen LogP) is 3.71. The minimum Gasteiger partial charge on any atom is -0.449 e. The molecule has 1 aromatic heterocycles. The molecule has 1 N–H and O–H groups in total. The Bertz CT molecular complexity index is 689. The van der Waals surface area contributed by atoms with E-state index < -0.39 is 0 Å². The van der Waals surface area contributed by atoms with E-state index in [1.54, 1.807) is 6.07 Å². The lowest BCUT2D eigenvalue weighted by molar-refractivity contribution is 0.0903. The molecule has 0 aliphatic carbocycles. The molecular weight excluding hydrogens is 300 g/mol. The van der Waals surface area contributed by atoms with Crippen molar-refractivity contribution in [3.8, 4) is 0 Å². The van der Waals surface area contributed by atoms with Gasteiger partial charge in [0.05, 0.1) is 5.02 Å². The number of hydrogen-bond donors (Lipinski definition) is 1. The first-order chi connectivity index (χ1) is 10.2. The molecule has 0 atom stereocenters. The normalized spacial score (nSPS) is 12.1. The number of amides is 1. The standard InChI is InChI=1S/C17H23ClN2O2/c1-11-12-7-6-8-13(18)15(12)22-14(11)16(21)19-9-17(2,3)10-20(4)5/h6-8H,9-10H2,1-5H3,(H,19,21). The van der Waals surface area contributed by atoms with Gasteiger partial charge >= 0.3 is 0 Å². The van der Waals surface area contributed by atoms with Gasteiger partial charge in [-0.15, -0.1) is 0 Å². The van der Waals surface area contributed by atoms with Crippen molar-refractivity contribution in [3.05, 3.63) is 34.5 Å². The molecule has 0 saturated heterocycles. The molecule has 2 aromatic rings. The van der Waals surface area contributed by atoms with Gasteiger partial charge in [-0.25, -0.2) is 0 Å². The summed E-state index contributed by atoms with van der Waals surface area (Å²) in [7, 11) is 4.05. The van der Waals surface area contributed by atoms with Gasteiger partial charge in [-0.2, -0.15) is 0 Å². The number of para-hydroxylation sites is 1. The van der Waals surface area contributed by atoms with Crippen molar-refractivity contribution in [2.45, 2.75) is 20.8 Å². The number of rotatable bonds is 5. The molecule has 1 aromatic carbocycles. The maximum absolute atomic E-state index is 12.4. The molecule has 0 unspecified atom stereocenters. The second-order valence-electron chi connectivity index (χ2n) is 6.76. The fourth-order valence-electron chi connectivity index (χ4n) is 2.74. The van der Waals surface area contributed by atoms with Gasteiger partial charge in [0, 0.05) is 24.0 Å². The second kappa shape index (κ2) is 6.31. The topological polar surface area (TPSA) is 45.5 Å². The molecular formula is C17H23ClN2O2. The van der Waals surface area contributed by atoms with Crippen LogP contribution < -0.4 is 5.32 Å². The molecule has 0 aliphatic heterocycles. The van der Waals surface area contributed by atoms with Crippen molar-refractivity contribution in [3.63, 3.8) is 0 Å². The van der Waals surface area contributed by atoms with E-state index in [1.807, 2.05) is 33.2 Å². The van der Waals surface area contributed by atoms with E-state index in [4.69, 9.17) is 16.0 Å². The first kappa shape index (κ1) is 16.8. The summed E-state index contributed by atoms with van der Waals surface area (Å²) in [5.41, 5.74) is 1.37. The Morgan fingerprint density at radius 2 is 2.05 bits per heavy atom. The van der Waals surface area contributed by atoms with Gasteiger partial charge in [-0.3, -0.25) is 4.79 Å². The second-order valence-corrected chi connectivity index (χ2v) is 7.16. The van der Waals surface area contributed by atoms with Gasteiger partial charge in [0.15, 0.2) is 11.3 Å². The van der Waals surface area contributed by atoms with Gasteiger partial charge in [0.1, 0.15) is 0 Å². The number of nitrogens with zero attached hydrogens (tertiary/aromatic N) is 1. The SMILES string of the molecule is Cc1c(C(=O)NCC(C)(C)CN(C)C)oc2c(Cl)cccc12. The Morgan fingerprint density at radius 3 is 2.64 bits per heavy atom. The summed E-state index contributed by atoms with van der Waals surface area (Å²) in [6.45, 7) is 7.58. The van der Waals surface area contributed by atoms with Gasteiger partial charge in [-0.05, 0) is 32.5 Å². The first-order valence-electron chi connectivity index (χ1n) is 7.32. The number of hydrogen-bond acceptors (Lipinski definition) is 3. The lowest BCUT2D eigenvalue weighted by Gasteiger charge is -2.28. The van der Waals surface area contributed by atoms with Crippen LogP contribution in [0.4, 0.5) is 0 Å². The number of fused-ring (bicyclic) bond motifs is 1. The summed E-state index contributed by atoms with van der Waals surface area (Å²) >= 11 is 6.12. The third kappa shape index (κ3) is 3.62. The summed E-state index contributed by atoms with van der Waals surface area (Å²) in [5, 5.41) is 4.36. The molecule has 0 fully saturated rings. The van der Waals surface area contributed by atoms with E-state index in [0.717, 1.165) is 17.5 Å². The summed E-state index contributed by atoms with van der Waals surface area (Å²) in [5.74, 6) is 0.139. The maximum Gasteiger partial charge on any atom is 0.287 e. The van der Waals surface area contributed by atoms with Crippen LogP contribution in [0.15, 0.2) is 22.6 Å². The molecule has 0 aliphatic rings. The molecule has 2 rings (SSSR count). The summed E-state index contributed by atoms with van der Waals surface area (Å²) in [6, 6.07) is 5.52. The Kier molecular flexibility index (Phi) is 4.83. The highest BCUT2D eigenvalue weighted by Gasteiger charge is 2.23. The van der Waals surface area contributed by atoms with Crippen LogP contribution in [0, 0.1) is 12.3 Å². The molecule has 0 bridgehead atoms. The minimum absolute atomic E-state index is 0.0171. The fourth-order valence-corrected chi connectivity index (χ4v) is 2.95. The first-order valence-corrected chi connectivity index (χ1v) is 7.69. The predicted molar refractivity (Wildman–Crippen MR) is 90.6 cm³/mol. The van der Waals surface area contributed by atoms with Crippen LogP contribution in [0.2, 0.25) is 5.02 Å². The molecule has 0 saturated carbocycles. The molecule has 4 nitrogen and oxygen atoms in total. The summed E-state index contributed by atoms with van der Waals surface area (Å²) < 4.78 is 5.68. The number of carbonyl (C=O) groups is 1. The highest BCUT2D eigenvalue weighted by molar-refractivity contribution is 6.35. The van der Waals surface area contributed by atoms with Crippen molar-refractivity contribution in [2.24, 2.45) is 5.41 Å². The van der Waals surface area contributed by atoms with Gasteiger partial charge in [-0.1, -0.05) is 37.6 Å². The minimum atomic E-state index is -0.198. The molecule has 1 heterocycles. The number of carbonyl (C=O) groups excluding carboxylic acids is 1. The lowest BCUT2D eigenvalue weighted by atomic mass is 9.93. The Labute approximate surface area is 136 Å². The van der Waals surface area contributed by atoms with Crippen molar-refractivity contribution in [1.29, 1.82) is 0 Å². The van der Waals surface area contributed by atoms with Crippen molar-refractivity contribution >= 4 is 28.5 Å². The Balaban J connectivity index is 2.17. The van der Waals surface area contributed by atoms with E-state index in [0.29, 0.717) is 22.9 Å². The van der Waals surface area contributed by atoms with Crippen LogP contribution in [0.5, 0.6) is 0 Å². The number of aryl methyl sites for hydroxylation is 1. The van der Waals surface area contributed by atoms with E-state index in [2.05, 4.69) is 24.1 Å². The van der Waals surface area contributed by atoms with Crippen LogP contribution >= 0.6 is 11.6 Å². The summed E-state index contributed by atoms with van der Waals surface area (Å²) in [4.78, 5) is 14.5. The van der Waals surface area contributed by atoms with E-state index in [9.17, 15) is 4.79 Å². The molecule has 120 valence electrons. The number of benzene rings is 1. The van der Waals surface area contributed by atoms with Gasteiger partial charge < -0.3 is 14.6 Å². The average molecular weight is 323 g/mol. The van der Waals surface area contributed by atoms with Crippen LogP contribution in [-0.4, -0.2) is 38.0 Å². The largest absolute Gasteiger partial charge is 0.449 e. The third-order valence-electron chi connectivity index (χ3n) is 3.59. The third-order valence-corrected chi connectivity index (χ3v) is 3.89. The summed E-state index contributed by atoms with van der Waals surface area (Å²) in [6.07, 6.45) is 0. The Hall–Kier alpha value is -1.52. The molecule has 22 heavy (non-hydrogen) atoms. The van der Waals surface area contributed by atoms with Crippen molar-refractivity contribution in [1.82, 2.24) is 10.2 Å². The molecule has 0 spiro atoms. The zero-order valence-corrected chi connectivity index (χ0v) is 14.5. The zero-order valence-electron chi connectivity index (χ0n) is 13.8. The molecule has 1 amide bonds. The van der Waals surface area contributed by atoms with Crippen LogP contribution in [0.3, 0.4) is 0 Å². The number of furan rings is 1. The zero-order chi connectivity index (χ0) is 16.5. The van der Waals surface area contributed by atoms with Crippen LogP contribution in [0.1, 0.15) is 30.0 Å². The monoisotopic (exact) mass is 322 g/mol. The average Bonchev–Trinajstić information content (AvgIpc) is 2.74. The fraction of sp³-hybridized carbons (Fsp3) is 0.471. The van der Waals surface area contributed by atoms with Crippen LogP contribution in [0.25, 0.3) is 11.0 Å². The van der Waals surface area contributed by atoms with Crippen molar-refractivity contribution < 1.29 is 9.21 Å². The number of halogens is 1. The van der Waals surface area contributed by atoms with Gasteiger partial charge in [0.25, 0.3) is 5.91 Å². The Morgan fingerprint density at radius 1 is 1.36 bits per heavy atom. The van der Waals surface area contributed by atoms with E-state index >= 15 is 0 Å². The number of nitrogens with one attached hydrogen (secondary N) is 1.